The topological polar surface area (TPSA) is 61.8 Å². The van der Waals surface area contributed by atoms with E-state index in [0.717, 1.165) is 52.0 Å². The van der Waals surface area contributed by atoms with Crippen molar-refractivity contribution in [2.45, 2.75) is 57.0 Å². The van der Waals surface area contributed by atoms with Crippen molar-refractivity contribution in [2.24, 2.45) is 5.92 Å². The number of nitrogens with zero attached hydrogens (tertiary/aromatic N) is 1. The van der Waals surface area contributed by atoms with Gasteiger partial charge in [-0.25, -0.2) is 0 Å². The van der Waals surface area contributed by atoms with Gasteiger partial charge in [-0.2, -0.15) is 0 Å². The van der Waals surface area contributed by atoms with Crippen LogP contribution in [-0.2, 0) is 9.53 Å². The quantitative estimate of drug-likeness (QED) is 0.749. The van der Waals surface area contributed by atoms with E-state index in [2.05, 4.69) is 24.2 Å². The summed E-state index contributed by atoms with van der Waals surface area (Å²) in [5.74, 6) is -0.0833. The zero-order chi connectivity index (χ0) is 15.3. The van der Waals surface area contributed by atoms with Crippen molar-refractivity contribution in [2.75, 3.05) is 33.4 Å². The van der Waals surface area contributed by atoms with E-state index in [9.17, 15) is 9.90 Å². The molecular weight excluding hydrogens is 268 g/mol. The highest BCUT2D eigenvalue weighted by atomic mass is 16.5. The molecule has 1 aliphatic heterocycles. The monoisotopic (exact) mass is 298 g/mol. The predicted molar refractivity (Wildman–Crippen MR) is 82.5 cm³/mol. The normalized spacial score (nSPS) is 33.5. The van der Waals surface area contributed by atoms with Crippen molar-refractivity contribution in [1.82, 2.24) is 10.2 Å². The third-order valence-electron chi connectivity index (χ3n) is 5.04. The Balaban J connectivity index is 1.88. The summed E-state index contributed by atoms with van der Waals surface area (Å²) in [6, 6.07) is 0.368. The van der Waals surface area contributed by atoms with E-state index in [1.807, 2.05) is 0 Å². The summed E-state index contributed by atoms with van der Waals surface area (Å²) >= 11 is 0. The molecule has 2 N–H and O–H groups in total. The maximum atomic E-state index is 11.7. The summed E-state index contributed by atoms with van der Waals surface area (Å²) in [5, 5.41) is 12.9. The van der Waals surface area contributed by atoms with Gasteiger partial charge in [-0.3, -0.25) is 4.79 Å². The Bertz CT molecular complexity index is 344. The van der Waals surface area contributed by atoms with Gasteiger partial charge in [0.05, 0.1) is 6.61 Å². The Hall–Kier alpha value is -0.650. The molecule has 0 spiro atoms. The molecule has 2 fully saturated rings. The molecule has 0 aromatic heterocycles. The third-order valence-corrected chi connectivity index (χ3v) is 5.04. The van der Waals surface area contributed by atoms with Gasteiger partial charge >= 0.3 is 5.97 Å². The van der Waals surface area contributed by atoms with Crippen molar-refractivity contribution in [3.05, 3.63) is 0 Å². The molecule has 0 bridgehead atoms. The molecule has 5 heteroatoms. The molecule has 1 saturated carbocycles. The van der Waals surface area contributed by atoms with E-state index in [0.29, 0.717) is 18.4 Å². The highest BCUT2D eigenvalue weighted by Crippen LogP contribution is 2.33. The number of hydrogen-bond acceptors (Lipinski definition) is 4. The van der Waals surface area contributed by atoms with E-state index in [-0.39, 0.29) is 0 Å². The number of ether oxygens (including phenoxy) is 1. The van der Waals surface area contributed by atoms with E-state index in [1.165, 1.54) is 6.42 Å². The second-order valence-corrected chi connectivity index (χ2v) is 6.73. The van der Waals surface area contributed by atoms with Crippen LogP contribution in [-0.4, -0.2) is 60.9 Å². The van der Waals surface area contributed by atoms with Gasteiger partial charge in [0.1, 0.15) is 5.54 Å². The van der Waals surface area contributed by atoms with Crippen molar-refractivity contribution in [3.63, 3.8) is 0 Å². The zero-order valence-electron chi connectivity index (χ0n) is 13.4. The molecule has 21 heavy (non-hydrogen) atoms. The van der Waals surface area contributed by atoms with Gasteiger partial charge in [0.2, 0.25) is 0 Å². The SMILES string of the molecule is CCCNC1(C(=O)O)CCC(N(C)CC2CCCOC2)C1. The molecular formula is C16H30N2O3. The van der Waals surface area contributed by atoms with Crippen molar-refractivity contribution in [1.29, 1.82) is 0 Å². The van der Waals surface area contributed by atoms with Crippen LogP contribution in [0.25, 0.3) is 0 Å². The standard InChI is InChI=1S/C16H30N2O3/c1-3-8-17-16(15(19)20)7-6-14(10-16)18(2)11-13-5-4-9-21-12-13/h13-14,17H,3-12H2,1-2H3,(H,19,20). The molecule has 0 amide bonds. The number of rotatable bonds is 7. The van der Waals surface area contributed by atoms with Crippen LogP contribution < -0.4 is 5.32 Å². The molecule has 2 aliphatic rings. The van der Waals surface area contributed by atoms with E-state index >= 15 is 0 Å². The number of carbonyl (C=O) groups is 1. The molecule has 1 saturated heterocycles. The van der Waals surface area contributed by atoms with Gasteiger partial charge in [0, 0.05) is 19.2 Å². The fourth-order valence-electron chi connectivity index (χ4n) is 3.70. The lowest BCUT2D eigenvalue weighted by atomic mass is 9.96. The molecule has 3 unspecified atom stereocenters. The third kappa shape index (κ3) is 4.18. The molecule has 1 heterocycles. The fraction of sp³-hybridized carbons (Fsp3) is 0.938. The maximum absolute atomic E-state index is 11.7. The molecule has 0 aromatic carbocycles. The first-order valence-electron chi connectivity index (χ1n) is 8.34. The minimum atomic E-state index is -0.710. The van der Waals surface area contributed by atoms with Crippen molar-refractivity contribution >= 4 is 5.97 Å². The van der Waals surface area contributed by atoms with Gasteiger partial charge in [-0.05, 0) is 58.0 Å². The fourth-order valence-corrected chi connectivity index (χ4v) is 3.70. The van der Waals surface area contributed by atoms with Crippen LogP contribution in [0.3, 0.4) is 0 Å². The number of hydrogen-bond donors (Lipinski definition) is 2. The average molecular weight is 298 g/mol. The molecule has 2 rings (SSSR count). The first-order valence-corrected chi connectivity index (χ1v) is 8.34. The highest BCUT2D eigenvalue weighted by molar-refractivity contribution is 5.79. The summed E-state index contributed by atoms with van der Waals surface area (Å²) in [6.45, 7) is 5.62. The Labute approximate surface area is 128 Å². The van der Waals surface area contributed by atoms with Crippen LogP contribution in [0, 0.1) is 5.92 Å². The number of nitrogens with one attached hydrogen (secondary N) is 1. The van der Waals surface area contributed by atoms with Gasteiger partial charge in [0.15, 0.2) is 0 Å². The van der Waals surface area contributed by atoms with Crippen LogP contribution in [0.4, 0.5) is 0 Å². The summed E-state index contributed by atoms with van der Waals surface area (Å²) in [4.78, 5) is 14.0. The lowest BCUT2D eigenvalue weighted by Gasteiger charge is -2.32. The van der Waals surface area contributed by atoms with Crippen LogP contribution in [0.1, 0.15) is 45.4 Å². The Morgan fingerprint density at radius 3 is 2.90 bits per heavy atom. The Morgan fingerprint density at radius 2 is 2.29 bits per heavy atom. The second-order valence-electron chi connectivity index (χ2n) is 6.73. The minimum Gasteiger partial charge on any atom is -0.480 e. The van der Waals surface area contributed by atoms with E-state index in [1.54, 1.807) is 0 Å². The van der Waals surface area contributed by atoms with Crippen molar-refractivity contribution in [3.8, 4) is 0 Å². The Morgan fingerprint density at radius 1 is 1.48 bits per heavy atom. The van der Waals surface area contributed by atoms with Crippen LogP contribution in [0.15, 0.2) is 0 Å². The minimum absolute atomic E-state index is 0.368. The second kappa shape index (κ2) is 7.56. The van der Waals surface area contributed by atoms with Gasteiger partial charge in [-0.1, -0.05) is 6.92 Å². The molecule has 3 atom stereocenters. The van der Waals surface area contributed by atoms with E-state index < -0.39 is 11.5 Å². The van der Waals surface area contributed by atoms with Gasteiger partial charge < -0.3 is 20.1 Å². The number of aliphatic carboxylic acids is 1. The largest absolute Gasteiger partial charge is 0.480 e. The molecule has 0 radical (unpaired) electrons. The predicted octanol–water partition coefficient (Wildman–Crippen LogP) is 1.72. The summed E-state index contributed by atoms with van der Waals surface area (Å²) in [6.07, 6.45) is 5.77. The summed E-state index contributed by atoms with van der Waals surface area (Å²) < 4.78 is 5.54. The molecule has 5 nitrogen and oxygen atoms in total. The lowest BCUT2D eigenvalue weighted by molar-refractivity contribution is -0.144. The summed E-state index contributed by atoms with van der Waals surface area (Å²) in [5.41, 5.74) is -0.710. The van der Waals surface area contributed by atoms with Crippen LogP contribution in [0.2, 0.25) is 0 Å². The van der Waals surface area contributed by atoms with Crippen molar-refractivity contribution < 1.29 is 14.6 Å². The van der Waals surface area contributed by atoms with E-state index in [4.69, 9.17) is 4.74 Å². The molecule has 0 aromatic rings. The highest BCUT2D eigenvalue weighted by Gasteiger charge is 2.46. The molecule has 122 valence electrons. The first kappa shape index (κ1) is 16.7. The lowest BCUT2D eigenvalue weighted by Crippen LogP contribution is -2.51. The smallest absolute Gasteiger partial charge is 0.323 e. The number of carboxylic acid groups (broad SMARTS) is 1. The Kier molecular flexibility index (Phi) is 6.02. The summed E-state index contributed by atoms with van der Waals surface area (Å²) in [7, 11) is 2.14. The van der Waals surface area contributed by atoms with Crippen LogP contribution in [0.5, 0.6) is 0 Å². The molecule has 1 aliphatic carbocycles. The maximum Gasteiger partial charge on any atom is 0.323 e. The zero-order valence-corrected chi connectivity index (χ0v) is 13.4. The van der Waals surface area contributed by atoms with Gasteiger partial charge in [0.25, 0.3) is 0 Å². The number of carboxylic acids is 1. The van der Waals surface area contributed by atoms with Gasteiger partial charge in [-0.15, -0.1) is 0 Å². The van der Waals surface area contributed by atoms with Crippen LogP contribution >= 0.6 is 0 Å². The average Bonchev–Trinajstić information content (AvgIpc) is 2.92. The first-order chi connectivity index (χ1) is 10.1.